The van der Waals surface area contributed by atoms with Gasteiger partial charge in [0, 0.05) is 12.7 Å². The number of amides is 1. The van der Waals surface area contributed by atoms with Crippen LogP contribution < -0.4 is 10.6 Å². The highest BCUT2D eigenvalue weighted by Crippen LogP contribution is 2.04. The van der Waals surface area contributed by atoms with E-state index in [0.717, 1.165) is 5.56 Å². The van der Waals surface area contributed by atoms with E-state index in [2.05, 4.69) is 15.6 Å². The first kappa shape index (κ1) is 13.6. The monoisotopic (exact) mass is 266 g/mol. The molecule has 1 aromatic heterocycles. The fraction of sp³-hybridized carbons (Fsp3) is 0.133. The maximum absolute atomic E-state index is 11.7. The lowest BCUT2D eigenvalue weighted by molar-refractivity contribution is -0.119. The van der Waals surface area contributed by atoms with Gasteiger partial charge in [0.25, 0.3) is 0 Å². The normalized spacial score (nSPS) is 9.55. The van der Waals surface area contributed by atoms with E-state index in [9.17, 15) is 4.79 Å². The highest BCUT2D eigenvalue weighted by atomic mass is 16.1. The molecular formula is C15H14N4O. The fourth-order valence-corrected chi connectivity index (χ4v) is 1.63. The first-order chi connectivity index (χ1) is 9.78. The van der Waals surface area contributed by atoms with Crippen molar-refractivity contribution >= 4 is 11.7 Å². The molecule has 5 nitrogen and oxygen atoms in total. The van der Waals surface area contributed by atoms with Crippen LogP contribution in [0.15, 0.2) is 48.7 Å². The van der Waals surface area contributed by atoms with E-state index in [1.54, 1.807) is 12.1 Å². The first-order valence-corrected chi connectivity index (χ1v) is 6.18. The molecule has 0 aliphatic carbocycles. The molecule has 0 unspecified atom stereocenters. The number of pyridine rings is 1. The number of anilines is 1. The minimum Gasteiger partial charge on any atom is -0.361 e. The Balaban J connectivity index is 1.79. The molecule has 2 rings (SSSR count). The van der Waals surface area contributed by atoms with Gasteiger partial charge < -0.3 is 10.6 Å². The largest absolute Gasteiger partial charge is 0.361 e. The van der Waals surface area contributed by atoms with Crippen molar-refractivity contribution in [3.8, 4) is 6.07 Å². The summed E-state index contributed by atoms with van der Waals surface area (Å²) in [6, 6.07) is 14.9. The molecule has 1 aromatic carbocycles. The number of nitrogens with zero attached hydrogens (tertiary/aromatic N) is 2. The third-order valence-corrected chi connectivity index (χ3v) is 2.65. The molecule has 1 heterocycles. The second-order valence-corrected chi connectivity index (χ2v) is 4.16. The number of benzene rings is 1. The Bertz CT molecular complexity index is 619. The second kappa shape index (κ2) is 6.90. The Labute approximate surface area is 117 Å². The molecule has 0 bridgehead atoms. The topological polar surface area (TPSA) is 77.8 Å². The summed E-state index contributed by atoms with van der Waals surface area (Å²) in [5.74, 6) is 0.386. The maximum Gasteiger partial charge on any atom is 0.239 e. The molecule has 2 N–H and O–H groups in total. The zero-order valence-corrected chi connectivity index (χ0v) is 10.8. The van der Waals surface area contributed by atoms with Gasteiger partial charge in [0.2, 0.25) is 5.91 Å². The fourth-order valence-electron chi connectivity index (χ4n) is 1.63. The van der Waals surface area contributed by atoms with Crippen molar-refractivity contribution in [2.75, 3.05) is 11.9 Å². The summed E-state index contributed by atoms with van der Waals surface area (Å²) in [4.78, 5) is 15.7. The van der Waals surface area contributed by atoms with Gasteiger partial charge in [0.15, 0.2) is 0 Å². The number of hydrogen-bond donors (Lipinski definition) is 2. The van der Waals surface area contributed by atoms with E-state index in [1.807, 2.05) is 36.4 Å². The minimum atomic E-state index is -0.127. The Morgan fingerprint density at radius 3 is 2.80 bits per heavy atom. The highest BCUT2D eigenvalue weighted by Gasteiger charge is 2.02. The molecule has 100 valence electrons. The van der Waals surface area contributed by atoms with Gasteiger partial charge in [0.1, 0.15) is 5.82 Å². The smallest absolute Gasteiger partial charge is 0.239 e. The zero-order chi connectivity index (χ0) is 14.2. The van der Waals surface area contributed by atoms with E-state index in [4.69, 9.17) is 5.26 Å². The van der Waals surface area contributed by atoms with Crippen LogP contribution in [0.2, 0.25) is 0 Å². The van der Waals surface area contributed by atoms with Crippen LogP contribution in [0.25, 0.3) is 0 Å². The van der Waals surface area contributed by atoms with Crippen molar-refractivity contribution in [2.45, 2.75) is 6.54 Å². The van der Waals surface area contributed by atoms with Gasteiger partial charge >= 0.3 is 0 Å². The van der Waals surface area contributed by atoms with E-state index < -0.39 is 0 Å². The highest BCUT2D eigenvalue weighted by molar-refractivity contribution is 5.80. The zero-order valence-electron chi connectivity index (χ0n) is 10.8. The number of carbonyl (C=O) groups is 1. The molecule has 0 aliphatic heterocycles. The Morgan fingerprint density at radius 2 is 2.05 bits per heavy atom. The molecule has 0 atom stereocenters. The second-order valence-electron chi connectivity index (χ2n) is 4.16. The molecule has 0 radical (unpaired) electrons. The summed E-state index contributed by atoms with van der Waals surface area (Å²) in [6.07, 6.45) is 1.53. The molecule has 0 aliphatic rings. The van der Waals surface area contributed by atoms with Gasteiger partial charge in [-0.2, -0.15) is 5.26 Å². The van der Waals surface area contributed by atoms with Gasteiger partial charge in [-0.1, -0.05) is 30.3 Å². The van der Waals surface area contributed by atoms with Crippen LogP contribution in [0.5, 0.6) is 0 Å². The summed E-state index contributed by atoms with van der Waals surface area (Å²) >= 11 is 0. The van der Waals surface area contributed by atoms with Gasteiger partial charge in [0.05, 0.1) is 18.2 Å². The van der Waals surface area contributed by atoms with Crippen LogP contribution in [0.3, 0.4) is 0 Å². The number of carbonyl (C=O) groups excluding carboxylic acids is 1. The van der Waals surface area contributed by atoms with Gasteiger partial charge in [-0.25, -0.2) is 4.98 Å². The molecule has 1 amide bonds. The van der Waals surface area contributed by atoms with Gasteiger partial charge in [-0.05, 0) is 17.7 Å². The summed E-state index contributed by atoms with van der Waals surface area (Å²) < 4.78 is 0. The number of rotatable bonds is 5. The summed E-state index contributed by atoms with van der Waals surface area (Å²) in [5.41, 5.74) is 1.55. The van der Waals surface area contributed by atoms with Crippen molar-refractivity contribution in [3.05, 3.63) is 59.8 Å². The predicted octanol–water partition coefficient (Wildman–Crippen LogP) is 1.68. The van der Waals surface area contributed by atoms with E-state index in [0.29, 0.717) is 17.9 Å². The van der Waals surface area contributed by atoms with Crippen molar-refractivity contribution in [3.63, 3.8) is 0 Å². The third kappa shape index (κ3) is 4.10. The van der Waals surface area contributed by atoms with Crippen LogP contribution in [0.1, 0.15) is 11.1 Å². The summed E-state index contributed by atoms with van der Waals surface area (Å²) in [5, 5.41) is 14.4. The number of hydrogen-bond acceptors (Lipinski definition) is 4. The van der Waals surface area contributed by atoms with Crippen LogP contribution >= 0.6 is 0 Å². The van der Waals surface area contributed by atoms with Crippen LogP contribution in [-0.4, -0.2) is 17.4 Å². The maximum atomic E-state index is 11.7. The molecule has 0 saturated carbocycles. The number of nitriles is 1. The number of aromatic nitrogens is 1. The lowest BCUT2D eigenvalue weighted by Crippen LogP contribution is -2.29. The molecule has 5 heteroatoms. The van der Waals surface area contributed by atoms with Gasteiger partial charge in [-0.15, -0.1) is 0 Å². The van der Waals surface area contributed by atoms with E-state index in [1.165, 1.54) is 6.20 Å². The molecule has 20 heavy (non-hydrogen) atoms. The van der Waals surface area contributed by atoms with Crippen LogP contribution in [-0.2, 0) is 11.3 Å². The average molecular weight is 266 g/mol. The van der Waals surface area contributed by atoms with Crippen molar-refractivity contribution < 1.29 is 4.79 Å². The van der Waals surface area contributed by atoms with Crippen molar-refractivity contribution in [1.29, 1.82) is 5.26 Å². The lowest BCUT2D eigenvalue weighted by Gasteiger charge is -2.07. The molecule has 2 aromatic rings. The predicted molar refractivity (Wildman–Crippen MR) is 75.7 cm³/mol. The number of nitrogens with one attached hydrogen (secondary N) is 2. The third-order valence-electron chi connectivity index (χ3n) is 2.65. The van der Waals surface area contributed by atoms with Crippen molar-refractivity contribution in [2.24, 2.45) is 0 Å². The Kier molecular flexibility index (Phi) is 4.68. The van der Waals surface area contributed by atoms with Gasteiger partial charge in [-0.3, -0.25) is 4.79 Å². The quantitative estimate of drug-likeness (QED) is 0.863. The van der Waals surface area contributed by atoms with Crippen LogP contribution in [0.4, 0.5) is 5.82 Å². The Hall–Kier alpha value is -2.87. The summed E-state index contributed by atoms with van der Waals surface area (Å²) in [6.45, 7) is 0.613. The first-order valence-electron chi connectivity index (χ1n) is 6.18. The minimum absolute atomic E-state index is 0.120. The van der Waals surface area contributed by atoms with E-state index in [-0.39, 0.29) is 12.5 Å². The molecular weight excluding hydrogens is 252 g/mol. The molecule has 0 spiro atoms. The SMILES string of the molecule is N#Cc1ccnc(NCC(=O)NCc2ccccc2)c1. The molecule has 0 fully saturated rings. The average Bonchev–Trinajstić information content (AvgIpc) is 2.52. The molecule has 0 saturated heterocycles. The van der Waals surface area contributed by atoms with Crippen LogP contribution in [0, 0.1) is 11.3 Å². The van der Waals surface area contributed by atoms with Crippen molar-refractivity contribution in [1.82, 2.24) is 10.3 Å². The standard InChI is InChI=1S/C15H14N4O/c16-9-13-6-7-17-14(8-13)18-11-15(20)19-10-12-4-2-1-3-5-12/h1-8H,10-11H2,(H,17,18)(H,19,20). The van der Waals surface area contributed by atoms with E-state index >= 15 is 0 Å². The summed E-state index contributed by atoms with van der Waals surface area (Å²) in [7, 11) is 0. The Morgan fingerprint density at radius 1 is 1.25 bits per heavy atom. The lowest BCUT2D eigenvalue weighted by atomic mass is 10.2.